The number of H-pyrrole nitrogens is 1. The molecule has 5 aliphatic heterocycles. The molecule has 2 N–H and O–H groups in total. The number of ether oxygens (including phenoxy) is 1. The molecule has 0 aliphatic carbocycles. The molecule has 0 bridgehead atoms. The number of sulfonamides is 1. The molecule has 69 heavy (non-hydrogen) atoms. The van der Waals surface area contributed by atoms with Crippen molar-refractivity contribution in [2.75, 3.05) is 73.6 Å². The minimum absolute atomic E-state index is 0.0822. The molecule has 0 saturated carbocycles. The van der Waals surface area contributed by atoms with Gasteiger partial charge in [0, 0.05) is 130 Å². The number of aromatic nitrogens is 6. The van der Waals surface area contributed by atoms with Gasteiger partial charge in [-0.1, -0.05) is 23.2 Å². The molecule has 18 nitrogen and oxygen atoms in total. The molecule has 11 rings (SSSR count). The number of imide groups is 1. The summed E-state index contributed by atoms with van der Waals surface area (Å²) in [5, 5.41) is 16.8. The van der Waals surface area contributed by atoms with Gasteiger partial charge in [-0.15, -0.1) is 0 Å². The molecule has 4 amide bonds. The zero-order valence-electron chi connectivity index (χ0n) is 38.3. The number of rotatable bonds is 11. The summed E-state index contributed by atoms with van der Waals surface area (Å²) in [6, 6.07) is 15.4. The van der Waals surface area contributed by atoms with Crippen LogP contribution in [0.25, 0.3) is 33.1 Å². The topological polar surface area (TPSA) is 195 Å². The molecule has 0 radical (unpaired) electrons. The SMILES string of the molecule is C[C@@H](Oc1ccc2[nH]nc(-c3ccc(N4CC5(C4)CN(S(=O)(=O)C4CCN(C(=O)CC6CCN(c7ccc8c(N9CCC(=O)NC9=O)nn(C)c8c7)CC6)CC4)C5)nc3)c2c1)c1c(Cl)cncc1Cl. The van der Waals surface area contributed by atoms with E-state index in [-0.39, 0.29) is 36.1 Å². The average Bonchev–Trinajstić information content (AvgIpc) is 3.88. The normalized spacial score (nSPS) is 19.8. The Hall–Kier alpha value is -6.02. The summed E-state index contributed by atoms with van der Waals surface area (Å²) >= 11 is 12.8. The van der Waals surface area contributed by atoms with Crippen molar-refractivity contribution in [3.8, 4) is 17.0 Å². The van der Waals surface area contributed by atoms with E-state index in [1.807, 2.05) is 67.5 Å². The monoisotopic (exact) mass is 994 g/mol. The van der Waals surface area contributed by atoms with Crippen LogP contribution in [0.2, 0.25) is 10.0 Å². The third kappa shape index (κ3) is 8.50. The van der Waals surface area contributed by atoms with Crippen molar-refractivity contribution in [1.29, 1.82) is 0 Å². The van der Waals surface area contributed by atoms with Crippen molar-refractivity contribution in [2.45, 2.75) is 56.8 Å². The third-order valence-corrected chi connectivity index (χ3v) is 17.6. The summed E-state index contributed by atoms with van der Waals surface area (Å²) in [5.41, 5.74) is 4.99. The zero-order valence-corrected chi connectivity index (χ0v) is 40.6. The number of nitrogens with zero attached hydrogens (tertiary/aromatic N) is 10. The molecule has 9 heterocycles. The first kappa shape index (κ1) is 45.4. The van der Waals surface area contributed by atoms with Crippen molar-refractivity contribution >= 4 is 90.2 Å². The van der Waals surface area contributed by atoms with Crippen LogP contribution in [0, 0.1) is 11.3 Å². The van der Waals surface area contributed by atoms with Gasteiger partial charge in [-0.2, -0.15) is 10.2 Å². The van der Waals surface area contributed by atoms with E-state index in [0.717, 1.165) is 83.6 Å². The van der Waals surface area contributed by atoms with Gasteiger partial charge in [0.05, 0.1) is 26.3 Å². The Morgan fingerprint density at radius 1 is 0.884 bits per heavy atom. The summed E-state index contributed by atoms with van der Waals surface area (Å²) in [4.78, 5) is 54.4. The minimum atomic E-state index is -3.48. The number of pyridine rings is 2. The average molecular weight is 996 g/mol. The number of halogens is 2. The Balaban J connectivity index is 0.628. The maximum Gasteiger partial charge on any atom is 0.329 e. The minimum Gasteiger partial charge on any atom is -0.486 e. The molecule has 5 fully saturated rings. The lowest BCUT2D eigenvalue weighted by Gasteiger charge is -2.60. The number of aromatic amines is 1. The fourth-order valence-electron chi connectivity index (χ4n) is 10.9. The summed E-state index contributed by atoms with van der Waals surface area (Å²) in [5.74, 6) is 2.09. The lowest BCUT2D eigenvalue weighted by atomic mass is 9.74. The molecule has 4 aromatic heterocycles. The van der Waals surface area contributed by atoms with Crippen LogP contribution in [0.1, 0.15) is 57.1 Å². The van der Waals surface area contributed by atoms with E-state index in [4.69, 9.17) is 32.9 Å². The number of benzene rings is 2. The number of likely N-dealkylation sites (tertiary alicyclic amines) is 1. The first-order valence-corrected chi connectivity index (χ1v) is 25.7. The Morgan fingerprint density at radius 3 is 2.35 bits per heavy atom. The van der Waals surface area contributed by atoms with Crippen LogP contribution >= 0.6 is 23.2 Å². The molecule has 2 aromatic carbocycles. The van der Waals surface area contributed by atoms with E-state index in [1.165, 1.54) is 4.90 Å². The number of hydrogen-bond donors (Lipinski definition) is 2. The summed E-state index contributed by atoms with van der Waals surface area (Å²) in [6.07, 6.45) is 7.85. The van der Waals surface area contributed by atoms with Gasteiger partial charge in [0.25, 0.3) is 0 Å². The molecular formula is C48H52Cl2N12O6S. The molecular weight excluding hydrogens is 944 g/mol. The van der Waals surface area contributed by atoms with Crippen molar-refractivity contribution < 1.29 is 27.5 Å². The van der Waals surface area contributed by atoms with Gasteiger partial charge < -0.3 is 19.4 Å². The predicted molar refractivity (Wildman–Crippen MR) is 263 cm³/mol. The summed E-state index contributed by atoms with van der Waals surface area (Å²) in [6.45, 7) is 7.18. The van der Waals surface area contributed by atoms with Crippen LogP contribution in [0.4, 0.5) is 22.1 Å². The van der Waals surface area contributed by atoms with Gasteiger partial charge in [0.15, 0.2) is 5.82 Å². The Morgan fingerprint density at radius 2 is 1.64 bits per heavy atom. The smallest absolute Gasteiger partial charge is 0.329 e. The van der Waals surface area contributed by atoms with Gasteiger partial charge in [0.2, 0.25) is 21.8 Å². The fraction of sp³-hybridized carbons (Fsp3) is 0.438. The van der Waals surface area contributed by atoms with Crippen LogP contribution in [0.15, 0.2) is 67.1 Å². The second-order valence-electron chi connectivity index (χ2n) is 19.2. The van der Waals surface area contributed by atoms with Crippen LogP contribution in [0.3, 0.4) is 0 Å². The molecule has 1 spiro atoms. The van der Waals surface area contributed by atoms with Crippen molar-refractivity contribution in [2.24, 2.45) is 18.4 Å². The van der Waals surface area contributed by atoms with Crippen molar-refractivity contribution in [3.63, 3.8) is 0 Å². The van der Waals surface area contributed by atoms with E-state index >= 15 is 0 Å². The Labute approximate surface area is 408 Å². The molecule has 0 unspecified atom stereocenters. The van der Waals surface area contributed by atoms with E-state index < -0.39 is 27.4 Å². The van der Waals surface area contributed by atoms with E-state index in [0.29, 0.717) is 72.6 Å². The number of hydrogen-bond acceptors (Lipinski definition) is 12. The molecule has 5 aliphatic rings. The number of aryl methyl sites for hydroxylation is 1. The molecule has 21 heteroatoms. The van der Waals surface area contributed by atoms with Crippen LogP contribution < -0.4 is 24.8 Å². The second-order valence-corrected chi connectivity index (χ2v) is 22.3. The lowest BCUT2D eigenvalue weighted by molar-refractivity contribution is -0.133. The lowest BCUT2D eigenvalue weighted by Crippen LogP contribution is -2.73. The fourth-order valence-corrected chi connectivity index (χ4v) is 13.7. The van der Waals surface area contributed by atoms with E-state index in [1.54, 1.807) is 21.4 Å². The summed E-state index contributed by atoms with van der Waals surface area (Å²) in [7, 11) is -1.63. The van der Waals surface area contributed by atoms with Crippen LogP contribution in [0.5, 0.6) is 5.75 Å². The van der Waals surface area contributed by atoms with Gasteiger partial charge in [-0.05, 0) is 87.1 Å². The maximum atomic E-state index is 13.8. The van der Waals surface area contributed by atoms with E-state index in [2.05, 4.69) is 41.5 Å². The number of amides is 4. The predicted octanol–water partition coefficient (Wildman–Crippen LogP) is 6.55. The maximum absolute atomic E-state index is 13.8. The van der Waals surface area contributed by atoms with Gasteiger partial charge in [-0.25, -0.2) is 22.5 Å². The Bertz CT molecular complexity index is 3080. The highest BCUT2D eigenvalue weighted by molar-refractivity contribution is 7.89. The molecule has 6 aromatic rings. The van der Waals surface area contributed by atoms with Gasteiger partial charge >= 0.3 is 6.03 Å². The quantitative estimate of drug-likeness (QED) is 0.142. The molecule has 1 atom stereocenters. The highest BCUT2D eigenvalue weighted by atomic mass is 35.5. The van der Waals surface area contributed by atoms with Gasteiger partial charge in [0.1, 0.15) is 23.4 Å². The number of anilines is 3. The van der Waals surface area contributed by atoms with Crippen molar-refractivity contribution in [3.05, 3.63) is 82.7 Å². The highest BCUT2D eigenvalue weighted by Crippen LogP contribution is 2.44. The standard InChI is InChI=1S/C48H52Cl2N12O6S/c1-29(44-37(49)23-51-24-38(44)50)68-33-5-7-39-36(21-33)45(55-54-39)31-3-8-41(52-22-31)60-25-48(26-60)27-61(28-48)69(66,67)34-11-16-59(17-12-34)43(64)19-30-9-14-58(15-10-30)32-4-6-35-40(20-32)57(2)56-46(35)62-18-13-42(63)53-47(62)65/h3-8,20-24,29-30,34H,9-19,25-28H2,1-2H3,(H,54,55)(H,53,63,65)/t29-/m1/s1. The van der Waals surface area contributed by atoms with E-state index in [9.17, 15) is 22.8 Å². The largest absolute Gasteiger partial charge is 0.486 e. The number of nitrogens with one attached hydrogen (secondary N) is 2. The van der Waals surface area contributed by atoms with Crippen LogP contribution in [-0.4, -0.2) is 130 Å². The highest BCUT2D eigenvalue weighted by Gasteiger charge is 2.56. The summed E-state index contributed by atoms with van der Waals surface area (Å²) < 4.78 is 37.3. The second kappa shape index (κ2) is 17.7. The molecule has 5 saturated heterocycles. The Kier molecular flexibility index (Phi) is 11.7. The first-order chi connectivity index (χ1) is 33.2. The first-order valence-electron chi connectivity index (χ1n) is 23.5. The number of piperidine rings is 2. The number of carbonyl (C=O) groups is 3. The molecule has 360 valence electrons. The number of urea groups is 1. The third-order valence-electron chi connectivity index (χ3n) is 14.7. The van der Waals surface area contributed by atoms with Gasteiger partial charge in [-0.3, -0.25) is 34.6 Å². The van der Waals surface area contributed by atoms with Crippen LogP contribution in [-0.2, 0) is 26.7 Å². The number of carbonyl (C=O) groups excluding carboxylic acids is 3. The zero-order chi connectivity index (χ0) is 47.8. The number of fused-ring (bicyclic) bond motifs is 2. The van der Waals surface area contributed by atoms with Crippen molar-refractivity contribution in [1.82, 2.24) is 44.5 Å².